The number of halogens is 1. The van der Waals surface area contributed by atoms with Crippen LogP contribution in [0.15, 0.2) is 18.2 Å². The maximum Gasteiger partial charge on any atom is 0.223 e. The Morgan fingerprint density at radius 1 is 1.35 bits per heavy atom. The fourth-order valence-corrected chi connectivity index (χ4v) is 3.39. The molecule has 1 heterocycles. The van der Waals surface area contributed by atoms with E-state index >= 15 is 0 Å². The summed E-state index contributed by atoms with van der Waals surface area (Å²) >= 11 is 1.65. The second kappa shape index (κ2) is 8.55. The lowest BCUT2D eigenvalue weighted by molar-refractivity contribution is -0.124. The van der Waals surface area contributed by atoms with Crippen LogP contribution in [0.4, 0.5) is 10.1 Å². The molecule has 0 saturated carbocycles. The predicted octanol–water partition coefficient (Wildman–Crippen LogP) is 2.19. The Labute approximate surface area is 142 Å². The normalized spacial score (nSPS) is 17.1. The van der Waals surface area contributed by atoms with E-state index in [4.69, 9.17) is 0 Å². The molecule has 1 atom stereocenters. The van der Waals surface area contributed by atoms with Gasteiger partial charge in [0.2, 0.25) is 5.91 Å². The molecular weight excluding hydrogens is 313 g/mol. The largest absolute Gasteiger partial charge is 0.369 e. The number of benzene rings is 1. The van der Waals surface area contributed by atoms with Crippen molar-refractivity contribution in [1.29, 1.82) is 0 Å². The van der Waals surface area contributed by atoms with E-state index in [0.717, 1.165) is 43.2 Å². The van der Waals surface area contributed by atoms with Gasteiger partial charge in [-0.1, -0.05) is 6.92 Å². The molecule has 128 valence electrons. The van der Waals surface area contributed by atoms with Crippen molar-refractivity contribution in [3.8, 4) is 0 Å². The number of anilines is 1. The zero-order valence-electron chi connectivity index (χ0n) is 14.1. The van der Waals surface area contributed by atoms with E-state index in [1.807, 2.05) is 19.2 Å². The van der Waals surface area contributed by atoms with Gasteiger partial charge in [-0.25, -0.2) is 4.39 Å². The van der Waals surface area contributed by atoms with Crippen LogP contribution >= 0.6 is 11.8 Å². The summed E-state index contributed by atoms with van der Waals surface area (Å²) in [6.07, 6.45) is 1.99. The highest BCUT2D eigenvalue weighted by atomic mass is 32.2. The van der Waals surface area contributed by atoms with E-state index in [2.05, 4.69) is 22.2 Å². The lowest BCUT2D eigenvalue weighted by Crippen LogP contribution is -2.45. The summed E-state index contributed by atoms with van der Waals surface area (Å²) in [4.78, 5) is 16.6. The minimum Gasteiger partial charge on any atom is -0.369 e. The van der Waals surface area contributed by atoms with Gasteiger partial charge in [-0.2, -0.15) is 11.8 Å². The molecule has 2 rings (SSSR count). The van der Waals surface area contributed by atoms with Crippen LogP contribution in [-0.2, 0) is 11.3 Å². The number of rotatable bonds is 6. The minimum atomic E-state index is -0.260. The summed E-state index contributed by atoms with van der Waals surface area (Å²) in [6.45, 7) is 6.12. The van der Waals surface area contributed by atoms with Crippen molar-refractivity contribution in [3.05, 3.63) is 29.6 Å². The number of amides is 1. The first-order valence-corrected chi connectivity index (χ1v) is 9.39. The average molecular weight is 339 g/mol. The molecule has 1 aliphatic rings. The molecule has 0 aromatic heterocycles. The molecular formula is C17H26FN3OS. The lowest BCUT2D eigenvalue weighted by atomic mass is 10.1. The van der Waals surface area contributed by atoms with Crippen LogP contribution in [-0.4, -0.2) is 56.0 Å². The van der Waals surface area contributed by atoms with Crippen molar-refractivity contribution in [2.24, 2.45) is 5.92 Å². The summed E-state index contributed by atoms with van der Waals surface area (Å²) in [5.41, 5.74) is 1.87. The molecule has 1 N–H and O–H groups in total. The Morgan fingerprint density at radius 2 is 2.04 bits per heavy atom. The van der Waals surface area contributed by atoms with Crippen molar-refractivity contribution >= 4 is 23.4 Å². The van der Waals surface area contributed by atoms with Gasteiger partial charge in [-0.15, -0.1) is 0 Å². The Hall–Kier alpha value is -1.27. The minimum absolute atomic E-state index is 0.0212. The number of carbonyl (C=O) groups is 1. The van der Waals surface area contributed by atoms with Crippen LogP contribution in [0.1, 0.15) is 12.5 Å². The van der Waals surface area contributed by atoms with Gasteiger partial charge in [0.1, 0.15) is 5.82 Å². The molecule has 1 saturated heterocycles. The Bertz CT molecular complexity index is 533. The van der Waals surface area contributed by atoms with Crippen molar-refractivity contribution in [2.45, 2.75) is 13.5 Å². The van der Waals surface area contributed by atoms with Crippen molar-refractivity contribution < 1.29 is 9.18 Å². The molecule has 1 aromatic carbocycles. The second-order valence-corrected chi connectivity index (χ2v) is 7.05. The smallest absolute Gasteiger partial charge is 0.223 e. The van der Waals surface area contributed by atoms with Crippen LogP contribution in [0.2, 0.25) is 0 Å². The molecule has 1 aliphatic heterocycles. The molecule has 6 heteroatoms. The van der Waals surface area contributed by atoms with Crippen LogP contribution in [0.25, 0.3) is 0 Å². The number of carbonyl (C=O) groups excluding carboxylic acids is 1. The number of piperazine rings is 1. The zero-order valence-corrected chi connectivity index (χ0v) is 15.0. The van der Waals surface area contributed by atoms with E-state index in [9.17, 15) is 9.18 Å². The molecule has 1 fully saturated rings. The number of thioether (sulfide) groups is 1. The molecule has 0 radical (unpaired) electrons. The standard InChI is InChI=1S/C17H26FN3OS/c1-13(12-23-3)17(22)19-11-14-10-15(18)4-5-16(14)21-8-6-20(2)7-9-21/h4-5,10,13H,6-9,11-12H2,1-3H3,(H,19,22)/t13-/m0/s1. The van der Waals surface area contributed by atoms with Crippen LogP contribution in [0.5, 0.6) is 0 Å². The molecule has 0 spiro atoms. The topological polar surface area (TPSA) is 35.6 Å². The van der Waals surface area contributed by atoms with Gasteiger partial charge >= 0.3 is 0 Å². The van der Waals surface area contributed by atoms with Gasteiger partial charge < -0.3 is 15.1 Å². The summed E-state index contributed by atoms with van der Waals surface area (Å²) in [7, 11) is 2.11. The molecule has 0 bridgehead atoms. The molecule has 4 nitrogen and oxygen atoms in total. The Morgan fingerprint density at radius 3 is 2.70 bits per heavy atom. The molecule has 1 amide bonds. The van der Waals surface area contributed by atoms with Gasteiger partial charge in [0.05, 0.1) is 0 Å². The lowest BCUT2D eigenvalue weighted by Gasteiger charge is -2.35. The van der Waals surface area contributed by atoms with E-state index in [1.165, 1.54) is 12.1 Å². The second-order valence-electron chi connectivity index (χ2n) is 6.14. The van der Waals surface area contributed by atoms with Gasteiger partial charge in [0, 0.05) is 50.1 Å². The monoisotopic (exact) mass is 339 g/mol. The van der Waals surface area contributed by atoms with Crippen LogP contribution < -0.4 is 10.2 Å². The number of hydrogen-bond donors (Lipinski definition) is 1. The Kier molecular flexibility index (Phi) is 6.72. The third-order valence-electron chi connectivity index (χ3n) is 4.20. The summed E-state index contributed by atoms with van der Waals surface area (Å²) in [5, 5.41) is 2.94. The highest BCUT2D eigenvalue weighted by Gasteiger charge is 2.18. The average Bonchev–Trinajstić information content (AvgIpc) is 2.54. The van der Waals surface area contributed by atoms with Crippen molar-refractivity contribution in [2.75, 3.05) is 50.1 Å². The molecule has 1 aromatic rings. The third kappa shape index (κ3) is 5.11. The fraction of sp³-hybridized carbons (Fsp3) is 0.588. The van der Waals surface area contributed by atoms with E-state index in [0.29, 0.717) is 6.54 Å². The number of nitrogens with zero attached hydrogens (tertiary/aromatic N) is 2. The Balaban J connectivity index is 2.05. The third-order valence-corrected chi connectivity index (χ3v) is 5.04. The fourth-order valence-electron chi connectivity index (χ4n) is 2.73. The quantitative estimate of drug-likeness (QED) is 0.862. The van der Waals surface area contributed by atoms with Crippen molar-refractivity contribution in [3.63, 3.8) is 0 Å². The van der Waals surface area contributed by atoms with E-state index < -0.39 is 0 Å². The van der Waals surface area contributed by atoms with E-state index in [-0.39, 0.29) is 17.6 Å². The number of likely N-dealkylation sites (N-methyl/N-ethyl adjacent to an activating group) is 1. The zero-order chi connectivity index (χ0) is 16.8. The molecule has 0 unspecified atom stereocenters. The maximum absolute atomic E-state index is 13.6. The van der Waals surface area contributed by atoms with Crippen LogP contribution in [0.3, 0.4) is 0 Å². The predicted molar refractivity (Wildman–Crippen MR) is 95.5 cm³/mol. The van der Waals surface area contributed by atoms with Crippen LogP contribution in [0, 0.1) is 11.7 Å². The summed E-state index contributed by atoms with van der Waals surface area (Å²) in [5.74, 6) is 0.517. The van der Waals surface area contributed by atoms with Crippen molar-refractivity contribution in [1.82, 2.24) is 10.2 Å². The summed E-state index contributed by atoms with van der Waals surface area (Å²) < 4.78 is 13.6. The maximum atomic E-state index is 13.6. The van der Waals surface area contributed by atoms with E-state index in [1.54, 1.807) is 11.8 Å². The first kappa shape index (κ1) is 18.1. The van der Waals surface area contributed by atoms with Gasteiger partial charge in [0.25, 0.3) is 0 Å². The first-order valence-electron chi connectivity index (χ1n) is 8.00. The molecule has 0 aliphatic carbocycles. The summed E-state index contributed by atoms with van der Waals surface area (Å²) in [6, 6.07) is 4.86. The SMILES string of the molecule is CSC[C@H](C)C(=O)NCc1cc(F)ccc1N1CCN(C)CC1. The number of hydrogen-bond acceptors (Lipinski definition) is 4. The van der Waals surface area contributed by atoms with Gasteiger partial charge in [-0.05, 0) is 37.1 Å². The highest BCUT2D eigenvalue weighted by molar-refractivity contribution is 7.98. The number of nitrogens with one attached hydrogen (secondary N) is 1. The first-order chi connectivity index (χ1) is 11.0. The van der Waals surface area contributed by atoms with Gasteiger partial charge in [0.15, 0.2) is 0 Å². The van der Waals surface area contributed by atoms with Gasteiger partial charge in [-0.3, -0.25) is 4.79 Å². The highest BCUT2D eigenvalue weighted by Crippen LogP contribution is 2.23. The molecule has 23 heavy (non-hydrogen) atoms.